The van der Waals surface area contributed by atoms with Gasteiger partial charge in [0.25, 0.3) is 5.69 Å². The van der Waals surface area contributed by atoms with Crippen LogP contribution in [0.15, 0.2) is 54.7 Å². The van der Waals surface area contributed by atoms with Crippen molar-refractivity contribution in [3.05, 3.63) is 87.6 Å². The van der Waals surface area contributed by atoms with E-state index in [0.717, 1.165) is 6.20 Å². The van der Waals surface area contributed by atoms with E-state index in [2.05, 4.69) is 15.3 Å². The van der Waals surface area contributed by atoms with E-state index in [1.807, 2.05) is 0 Å². The first-order valence-electron chi connectivity index (χ1n) is 8.47. The van der Waals surface area contributed by atoms with E-state index in [4.69, 9.17) is 9.47 Å². The molecule has 11 heteroatoms. The number of carbonyl (C=O) groups excluding carboxylic acids is 1. The number of anilines is 1. The molecule has 30 heavy (non-hydrogen) atoms. The maximum Gasteiger partial charge on any atom is 0.413 e. The molecule has 0 unspecified atom stereocenters. The number of amides is 1. The molecule has 0 spiro atoms. The van der Waals surface area contributed by atoms with Crippen LogP contribution in [0.25, 0.3) is 0 Å². The minimum atomic E-state index is -0.998. The van der Waals surface area contributed by atoms with Gasteiger partial charge in [0.1, 0.15) is 19.0 Å². The number of halogens is 2. The van der Waals surface area contributed by atoms with Crippen LogP contribution >= 0.6 is 0 Å². The van der Waals surface area contributed by atoms with Gasteiger partial charge in [0.15, 0.2) is 11.6 Å². The second-order valence-electron chi connectivity index (χ2n) is 5.89. The van der Waals surface area contributed by atoms with Gasteiger partial charge in [-0.3, -0.25) is 15.4 Å². The average Bonchev–Trinajstić information content (AvgIpc) is 2.73. The number of nitrogens with zero attached hydrogens (tertiary/aromatic N) is 3. The minimum absolute atomic E-state index is 0.0621. The molecular weight excluding hydrogens is 402 g/mol. The summed E-state index contributed by atoms with van der Waals surface area (Å²) in [5, 5.41) is 12.7. The summed E-state index contributed by atoms with van der Waals surface area (Å²) in [5.74, 6) is -1.82. The molecule has 0 atom stereocenters. The third-order valence-corrected chi connectivity index (χ3v) is 3.72. The fourth-order valence-corrected chi connectivity index (χ4v) is 2.28. The van der Waals surface area contributed by atoms with Gasteiger partial charge in [0, 0.05) is 12.1 Å². The Kier molecular flexibility index (Phi) is 6.42. The van der Waals surface area contributed by atoms with Crippen LogP contribution in [0, 0.1) is 21.7 Å². The van der Waals surface area contributed by atoms with Gasteiger partial charge in [-0.1, -0.05) is 12.1 Å². The summed E-state index contributed by atoms with van der Waals surface area (Å²) < 4.78 is 37.3. The SMILES string of the molecule is O=C(Nc1nc(OCc2cccc(F)c2)ncc1F)OCc1ccc([N+](=O)[O-])cc1. The van der Waals surface area contributed by atoms with Gasteiger partial charge in [-0.25, -0.2) is 18.6 Å². The summed E-state index contributed by atoms with van der Waals surface area (Å²) in [4.78, 5) is 29.4. The Morgan fingerprint density at radius 3 is 2.57 bits per heavy atom. The quantitative estimate of drug-likeness (QED) is 0.457. The van der Waals surface area contributed by atoms with Crippen molar-refractivity contribution >= 4 is 17.6 Å². The van der Waals surface area contributed by atoms with Gasteiger partial charge >= 0.3 is 12.1 Å². The molecule has 2 aromatic carbocycles. The zero-order valence-electron chi connectivity index (χ0n) is 15.2. The van der Waals surface area contributed by atoms with Crippen molar-refractivity contribution in [3.63, 3.8) is 0 Å². The van der Waals surface area contributed by atoms with E-state index in [9.17, 15) is 23.7 Å². The summed E-state index contributed by atoms with van der Waals surface area (Å²) in [5.41, 5.74) is 0.912. The van der Waals surface area contributed by atoms with Crippen LogP contribution in [0.1, 0.15) is 11.1 Å². The molecule has 1 aromatic heterocycles. The molecule has 3 aromatic rings. The van der Waals surface area contributed by atoms with E-state index < -0.39 is 28.5 Å². The molecule has 0 aliphatic carbocycles. The maximum atomic E-state index is 13.9. The van der Waals surface area contributed by atoms with Crippen LogP contribution in [0.5, 0.6) is 6.01 Å². The van der Waals surface area contributed by atoms with E-state index in [-0.39, 0.29) is 24.9 Å². The van der Waals surface area contributed by atoms with Crippen molar-refractivity contribution in [2.24, 2.45) is 0 Å². The third kappa shape index (κ3) is 5.67. The smallest absolute Gasteiger partial charge is 0.413 e. The number of benzene rings is 2. The molecule has 154 valence electrons. The standard InChI is InChI=1S/C19H14F2N4O5/c20-14-3-1-2-13(8-14)11-29-18-22-9-16(21)17(23-18)24-19(26)30-10-12-4-6-15(7-5-12)25(27)28/h1-9H,10-11H2,(H,22,23,24,26). The lowest BCUT2D eigenvalue weighted by Gasteiger charge is -2.09. The maximum absolute atomic E-state index is 13.9. The number of hydrogen-bond acceptors (Lipinski definition) is 7. The average molecular weight is 416 g/mol. The Balaban J connectivity index is 1.56. The molecule has 1 heterocycles. The van der Waals surface area contributed by atoms with Gasteiger partial charge in [-0.05, 0) is 35.4 Å². The van der Waals surface area contributed by atoms with E-state index in [0.29, 0.717) is 11.1 Å². The lowest BCUT2D eigenvalue weighted by Crippen LogP contribution is -2.16. The first kappa shape index (κ1) is 20.6. The molecule has 0 bridgehead atoms. The largest absolute Gasteiger partial charge is 0.459 e. The predicted molar refractivity (Wildman–Crippen MR) is 99.6 cm³/mol. The highest BCUT2D eigenvalue weighted by molar-refractivity contribution is 5.83. The summed E-state index contributed by atoms with van der Waals surface area (Å²) in [6.07, 6.45) is -0.193. The number of nitrogens with one attached hydrogen (secondary N) is 1. The topological polar surface area (TPSA) is 116 Å². The van der Waals surface area contributed by atoms with Crippen molar-refractivity contribution < 1.29 is 28.0 Å². The van der Waals surface area contributed by atoms with Crippen LogP contribution in [-0.2, 0) is 18.0 Å². The molecular formula is C19H14F2N4O5. The first-order valence-corrected chi connectivity index (χ1v) is 8.47. The fourth-order valence-electron chi connectivity index (χ4n) is 2.28. The molecule has 9 nitrogen and oxygen atoms in total. The monoisotopic (exact) mass is 416 g/mol. The van der Waals surface area contributed by atoms with Crippen molar-refractivity contribution in [2.45, 2.75) is 13.2 Å². The number of nitro benzene ring substituents is 1. The van der Waals surface area contributed by atoms with Crippen LogP contribution in [0.3, 0.4) is 0 Å². The van der Waals surface area contributed by atoms with Gasteiger partial charge < -0.3 is 9.47 Å². The number of hydrogen-bond donors (Lipinski definition) is 1. The third-order valence-electron chi connectivity index (χ3n) is 3.72. The molecule has 0 aliphatic heterocycles. The molecule has 0 saturated heterocycles. The van der Waals surface area contributed by atoms with Crippen LogP contribution < -0.4 is 10.1 Å². The Hall–Kier alpha value is -4.15. The Morgan fingerprint density at radius 2 is 1.87 bits per heavy atom. The van der Waals surface area contributed by atoms with E-state index >= 15 is 0 Å². The highest BCUT2D eigenvalue weighted by Crippen LogP contribution is 2.16. The van der Waals surface area contributed by atoms with Crippen LogP contribution in [0.4, 0.5) is 25.1 Å². The van der Waals surface area contributed by atoms with Crippen molar-refractivity contribution in [1.82, 2.24) is 9.97 Å². The normalized spacial score (nSPS) is 10.3. The number of ether oxygens (including phenoxy) is 2. The number of rotatable bonds is 7. The van der Waals surface area contributed by atoms with Gasteiger partial charge in [-0.15, -0.1) is 0 Å². The highest BCUT2D eigenvalue weighted by atomic mass is 19.1. The second-order valence-corrected chi connectivity index (χ2v) is 5.89. The number of nitro groups is 1. The number of non-ortho nitro benzene ring substituents is 1. The van der Waals surface area contributed by atoms with Crippen molar-refractivity contribution in [2.75, 3.05) is 5.32 Å². The van der Waals surface area contributed by atoms with Gasteiger partial charge in [0.2, 0.25) is 0 Å². The molecule has 0 saturated carbocycles. The molecule has 3 rings (SSSR count). The zero-order chi connectivity index (χ0) is 21.5. The fraction of sp³-hybridized carbons (Fsp3) is 0.105. The van der Waals surface area contributed by atoms with Gasteiger partial charge in [-0.2, -0.15) is 4.98 Å². The minimum Gasteiger partial charge on any atom is -0.459 e. The number of aromatic nitrogens is 2. The molecule has 0 radical (unpaired) electrons. The Morgan fingerprint density at radius 1 is 1.10 bits per heavy atom. The second kappa shape index (κ2) is 9.37. The summed E-state index contributed by atoms with van der Waals surface area (Å²) in [7, 11) is 0. The van der Waals surface area contributed by atoms with Crippen molar-refractivity contribution in [3.8, 4) is 6.01 Å². The zero-order valence-corrected chi connectivity index (χ0v) is 15.2. The summed E-state index contributed by atoms with van der Waals surface area (Å²) in [6, 6.07) is 10.8. The summed E-state index contributed by atoms with van der Waals surface area (Å²) >= 11 is 0. The molecule has 0 aliphatic rings. The number of carbonyl (C=O) groups is 1. The predicted octanol–water partition coefficient (Wildman–Crippen LogP) is 3.99. The van der Waals surface area contributed by atoms with E-state index in [1.165, 1.54) is 42.5 Å². The lowest BCUT2D eigenvalue weighted by atomic mass is 10.2. The van der Waals surface area contributed by atoms with Crippen LogP contribution in [-0.4, -0.2) is 21.0 Å². The van der Waals surface area contributed by atoms with Crippen LogP contribution in [0.2, 0.25) is 0 Å². The summed E-state index contributed by atoms with van der Waals surface area (Å²) in [6.45, 7) is -0.257. The Bertz CT molecular complexity index is 1060. The highest BCUT2D eigenvalue weighted by Gasteiger charge is 2.13. The molecule has 0 fully saturated rings. The molecule has 1 amide bonds. The Labute approximate surface area is 168 Å². The first-order chi connectivity index (χ1) is 14.4. The molecule has 1 N–H and O–H groups in total. The lowest BCUT2D eigenvalue weighted by molar-refractivity contribution is -0.384. The van der Waals surface area contributed by atoms with Crippen molar-refractivity contribution in [1.29, 1.82) is 0 Å². The van der Waals surface area contributed by atoms with Gasteiger partial charge in [0.05, 0.1) is 11.1 Å². The van der Waals surface area contributed by atoms with E-state index in [1.54, 1.807) is 6.07 Å².